The molecule has 2 atom stereocenters. The molecule has 0 aromatic heterocycles. The Hall–Kier alpha value is -0.860. The molecule has 0 bridgehead atoms. The fraction of sp³-hybridized carbons (Fsp3) is 0.647. The average Bonchev–Trinajstić information content (AvgIpc) is 2.30. The number of rotatable bonds is 5. The van der Waals surface area contributed by atoms with Crippen molar-refractivity contribution in [3.63, 3.8) is 0 Å². The molecule has 1 rings (SSSR count). The predicted molar refractivity (Wildman–Crippen MR) is 82.6 cm³/mol. The van der Waals surface area contributed by atoms with Crippen LogP contribution in [0.2, 0.25) is 0 Å². The van der Waals surface area contributed by atoms with Gasteiger partial charge < -0.3 is 10.1 Å². The lowest BCUT2D eigenvalue weighted by Gasteiger charge is -2.37. The second-order valence-electron chi connectivity index (χ2n) is 6.37. The molecule has 0 aliphatic heterocycles. The molecule has 0 aliphatic carbocycles. The van der Waals surface area contributed by atoms with Gasteiger partial charge in [-0.15, -0.1) is 0 Å². The largest absolute Gasteiger partial charge is 0.376 e. The van der Waals surface area contributed by atoms with Crippen LogP contribution in [-0.4, -0.2) is 19.8 Å². The summed E-state index contributed by atoms with van der Waals surface area (Å²) in [5.41, 5.74) is 4.07. The molecule has 0 aliphatic rings. The van der Waals surface area contributed by atoms with Gasteiger partial charge in [0.1, 0.15) is 0 Å². The molecule has 2 nitrogen and oxygen atoms in total. The van der Waals surface area contributed by atoms with E-state index in [1.54, 1.807) is 0 Å². The Bertz CT molecular complexity index is 406. The first-order valence-electron chi connectivity index (χ1n) is 7.17. The number of benzene rings is 1. The topological polar surface area (TPSA) is 21.3 Å². The van der Waals surface area contributed by atoms with Crippen LogP contribution in [0.5, 0.6) is 0 Å². The molecular formula is C17H29NO. The van der Waals surface area contributed by atoms with Gasteiger partial charge in [0.05, 0.1) is 12.1 Å². The Balaban J connectivity index is 3.16. The van der Waals surface area contributed by atoms with E-state index in [4.69, 9.17) is 4.74 Å². The average molecular weight is 263 g/mol. The number of aryl methyl sites for hydroxylation is 2. The lowest BCUT2D eigenvalue weighted by Crippen LogP contribution is -2.41. The van der Waals surface area contributed by atoms with E-state index in [9.17, 15) is 0 Å². The quantitative estimate of drug-likeness (QED) is 0.866. The van der Waals surface area contributed by atoms with Crippen LogP contribution in [0.25, 0.3) is 0 Å². The van der Waals surface area contributed by atoms with Gasteiger partial charge in [-0.3, -0.25) is 0 Å². The molecule has 1 aromatic rings. The van der Waals surface area contributed by atoms with Crippen LogP contribution in [0.1, 0.15) is 50.4 Å². The summed E-state index contributed by atoms with van der Waals surface area (Å²) in [6.45, 7) is 13.8. The fourth-order valence-electron chi connectivity index (χ4n) is 2.67. The van der Waals surface area contributed by atoms with Gasteiger partial charge in [0.2, 0.25) is 0 Å². The number of nitrogens with one attached hydrogen (secondary N) is 1. The summed E-state index contributed by atoms with van der Waals surface area (Å²) in [4.78, 5) is 0. The number of hydrogen-bond donors (Lipinski definition) is 1. The molecule has 2 heteroatoms. The Morgan fingerprint density at radius 2 is 1.84 bits per heavy atom. The summed E-state index contributed by atoms with van der Waals surface area (Å²) in [7, 11) is 2.02. The number of hydrogen-bond acceptors (Lipinski definition) is 2. The third-order valence-corrected chi connectivity index (χ3v) is 3.57. The highest BCUT2D eigenvalue weighted by atomic mass is 16.5. The standard InChI is InChI=1S/C17H29NO/c1-8-19-16(17(4,5)6)15(18-7)14-10-9-12(2)11-13(14)3/h9-11,15-16,18H,8H2,1-7H3. The van der Waals surface area contributed by atoms with Crippen molar-refractivity contribution < 1.29 is 4.74 Å². The third-order valence-electron chi connectivity index (χ3n) is 3.57. The minimum absolute atomic E-state index is 0.0982. The Morgan fingerprint density at radius 3 is 2.26 bits per heavy atom. The molecule has 0 fully saturated rings. The normalized spacial score (nSPS) is 15.3. The SMILES string of the molecule is CCOC(C(NC)c1ccc(C)cc1C)C(C)(C)C. The Kier molecular flexibility index (Phi) is 5.57. The van der Waals surface area contributed by atoms with Crippen LogP contribution in [0.3, 0.4) is 0 Å². The summed E-state index contributed by atoms with van der Waals surface area (Å²) in [5.74, 6) is 0. The lowest BCUT2D eigenvalue weighted by molar-refractivity contribution is -0.0352. The smallest absolute Gasteiger partial charge is 0.0817 e. The zero-order chi connectivity index (χ0) is 14.6. The number of ether oxygens (including phenoxy) is 1. The van der Waals surface area contributed by atoms with E-state index in [1.165, 1.54) is 16.7 Å². The monoisotopic (exact) mass is 263 g/mol. The summed E-state index contributed by atoms with van der Waals surface area (Å²) >= 11 is 0. The Morgan fingerprint density at radius 1 is 1.21 bits per heavy atom. The maximum Gasteiger partial charge on any atom is 0.0817 e. The third kappa shape index (κ3) is 4.05. The minimum atomic E-state index is 0.0982. The van der Waals surface area contributed by atoms with E-state index in [2.05, 4.69) is 65.1 Å². The second kappa shape index (κ2) is 6.53. The van der Waals surface area contributed by atoms with E-state index in [1.807, 2.05) is 7.05 Å². The molecule has 1 N–H and O–H groups in total. The highest BCUT2D eigenvalue weighted by Gasteiger charge is 2.33. The van der Waals surface area contributed by atoms with Gasteiger partial charge in [0.25, 0.3) is 0 Å². The molecule has 0 saturated carbocycles. The van der Waals surface area contributed by atoms with E-state index in [0.29, 0.717) is 0 Å². The molecule has 0 amide bonds. The van der Waals surface area contributed by atoms with Crippen LogP contribution in [0.15, 0.2) is 18.2 Å². The second-order valence-corrected chi connectivity index (χ2v) is 6.37. The molecule has 0 radical (unpaired) electrons. The fourth-order valence-corrected chi connectivity index (χ4v) is 2.67. The van der Waals surface area contributed by atoms with Crippen LogP contribution in [0, 0.1) is 19.3 Å². The molecule has 108 valence electrons. The molecular weight excluding hydrogens is 234 g/mol. The van der Waals surface area contributed by atoms with Gasteiger partial charge in [-0.2, -0.15) is 0 Å². The number of likely N-dealkylation sites (N-methyl/N-ethyl adjacent to an activating group) is 1. The van der Waals surface area contributed by atoms with Crippen molar-refractivity contribution in [3.05, 3.63) is 34.9 Å². The van der Waals surface area contributed by atoms with Crippen LogP contribution >= 0.6 is 0 Å². The van der Waals surface area contributed by atoms with E-state index >= 15 is 0 Å². The minimum Gasteiger partial charge on any atom is -0.376 e. The van der Waals surface area contributed by atoms with Crippen LogP contribution in [-0.2, 0) is 4.74 Å². The van der Waals surface area contributed by atoms with Crippen molar-refractivity contribution in [3.8, 4) is 0 Å². The van der Waals surface area contributed by atoms with Gasteiger partial charge in [0, 0.05) is 6.61 Å². The highest BCUT2D eigenvalue weighted by molar-refractivity contribution is 5.33. The summed E-state index contributed by atoms with van der Waals surface area (Å²) < 4.78 is 6.04. The first-order chi connectivity index (χ1) is 8.81. The molecule has 0 spiro atoms. The maximum absolute atomic E-state index is 6.04. The van der Waals surface area contributed by atoms with Gasteiger partial charge in [-0.1, -0.05) is 44.5 Å². The van der Waals surface area contributed by atoms with E-state index in [0.717, 1.165) is 6.61 Å². The molecule has 2 unspecified atom stereocenters. The molecule has 0 heterocycles. The first kappa shape index (κ1) is 16.2. The summed E-state index contributed by atoms with van der Waals surface area (Å²) in [6, 6.07) is 6.87. The van der Waals surface area contributed by atoms with Crippen LogP contribution in [0.4, 0.5) is 0 Å². The summed E-state index contributed by atoms with van der Waals surface area (Å²) in [6.07, 6.45) is 0.156. The maximum atomic E-state index is 6.04. The van der Waals surface area contributed by atoms with Crippen molar-refractivity contribution >= 4 is 0 Å². The molecule has 0 saturated heterocycles. The zero-order valence-electron chi connectivity index (χ0n) is 13.5. The summed E-state index contributed by atoms with van der Waals surface area (Å²) in [5, 5.41) is 3.45. The van der Waals surface area contributed by atoms with Crippen molar-refractivity contribution in [2.45, 2.75) is 53.7 Å². The van der Waals surface area contributed by atoms with Gasteiger partial charge in [-0.25, -0.2) is 0 Å². The van der Waals surface area contributed by atoms with E-state index in [-0.39, 0.29) is 17.6 Å². The van der Waals surface area contributed by atoms with E-state index < -0.39 is 0 Å². The lowest BCUT2D eigenvalue weighted by atomic mass is 9.81. The van der Waals surface area contributed by atoms with Crippen molar-refractivity contribution in [1.82, 2.24) is 5.32 Å². The van der Waals surface area contributed by atoms with Crippen molar-refractivity contribution in [2.75, 3.05) is 13.7 Å². The zero-order valence-corrected chi connectivity index (χ0v) is 13.5. The van der Waals surface area contributed by atoms with Gasteiger partial charge in [-0.05, 0) is 44.4 Å². The van der Waals surface area contributed by atoms with Crippen LogP contribution < -0.4 is 5.32 Å². The first-order valence-corrected chi connectivity index (χ1v) is 7.17. The highest BCUT2D eigenvalue weighted by Crippen LogP contribution is 2.34. The van der Waals surface area contributed by atoms with Gasteiger partial charge in [0.15, 0.2) is 0 Å². The molecule has 1 aromatic carbocycles. The Labute approximate surface area is 118 Å². The predicted octanol–water partition coefficient (Wildman–Crippen LogP) is 4.02. The van der Waals surface area contributed by atoms with Crippen molar-refractivity contribution in [2.24, 2.45) is 5.41 Å². The van der Waals surface area contributed by atoms with Crippen molar-refractivity contribution in [1.29, 1.82) is 0 Å². The molecule has 19 heavy (non-hydrogen) atoms. The van der Waals surface area contributed by atoms with Gasteiger partial charge >= 0.3 is 0 Å².